The molecule has 6 heteroatoms. The second kappa shape index (κ2) is 7.68. The molecule has 1 spiro atoms. The van der Waals surface area contributed by atoms with Gasteiger partial charge in [0.15, 0.2) is 0 Å². The van der Waals surface area contributed by atoms with E-state index in [-0.39, 0.29) is 0 Å². The summed E-state index contributed by atoms with van der Waals surface area (Å²) in [5.74, 6) is 0.861. The van der Waals surface area contributed by atoms with Crippen molar-refractivity contribution < 1.29 is 4.74 Å². The molecule has 2 saturated heterocycles. The number of piperidine rings is 1. The Hall–Kier alpha value is -2.05. The fraction of sp³-hybridized carbons (Fsp3) is 0.550. The Balaban J connectivity index is 1.29. The van der Waals surface area contributed by atoms with E-state index in [2.05, 4.69) is 37.9 Å². The minimum Gasteiger partial charge on any atom is -0.375 e. The number of likely N-dealkylation sites (N-methyl/N-ethyl adjacent to an activating group) is 1. The van der Waals surface area contributed by atoms with E-state index in [0.717, 1.165) is 31.2 Å². The minimum atomic E-state index is 0.313. The zero-order chi connectivity index (χ0) is 17.8. The maximum absolute atomic E-state index is 5.99. The molecule has 1 unspecified atom stereocenters. The maximum atomic E-state index is 5.99. The van der Waals surface area contributed by atoms with Crippen LogP contribution in [0, 0.1) is 0 Å². The van der Waals surface area contributed by atoms with Crippen molar-refractivity contribution in [2.75, 3.05) is 31.6 Å². The molecular weight excluding hydrogens is 326 g/mol. The van der Waals surface area contributed by atoms with Gasteiger partial charge in [-0.2, -0.15) is 0 Å². The van der Waals surface area contributed by atoms with Crippen molar-refractivity contribution in [1.29, 1.82) is 0 Å². The van der Waals surface area contributed by atoms with Crippen molar-refractivity contribution in [3.8, 4) is 0 Å². The van der Waals surface area contributed by atoms with Gasteiger partial charge in [0.05, 0.1) is 13.2 Å². The molecule has 0 amide bonds. The molecule has 2 aliphatic rings. The van der Waals surface area contributed by atoms with Crippen molar-refractivity contribution >= 4 is 5.95 Å². The van der Waals surface area contributed by atoms with Gasteiger partial charge in [0.2, 0.25) is 5.95 Å². The molecule has 0 bridgehead atoms. The number of likely N-dealkylation sites (tertiary alicyclic amines) is 1. The van der Waals surface area contributed by atoms with Crippen molar-refractivity contribution in [3.05, 3.63) is 48.5 Å². The summed E-state index contributed by atoms with van der Waals surface area (Å²) >= 11 is 0. The lowest BCUT2D eigenvalue weighted by Gasteiger charge is -2.45. The van der Waals surface area contributed by atoms with Crippen molar-refractivity contribution in [1.82, 2.24) is 19.9 Å². The van der Waals surface area contributed by atoms with Crippen LogP contribution in [0.25, 0.3) is 0 Å². The zero-order valence-corrected chi connectivity index (χ0v) is 15.4. The molecule has 0 aromatic carbocycles. The van der Waals surface area contributed by atoms with E-state index in [1.165, 1.54) is 25.7 Å². The molecule has 0 aliphatic carbocycles. The second-order valence-corrected chi connectivity index (χ2v) is 7.44. The molecule has 2 aliphatic heterocycles. The summed E-state index contributed by atoms with van der Waals surface area (Å²) in [6.07, 6.45) is 12.1. The highest BCUT2D eigenvalue weighted by atomic mass is 16.5. The van der Waals surface area contributed by atoms with E-state index in [4.69, 9.17) is 4.74 Å². The van der Waals surface area contributed by atoms with Gasteiger partial charge in [-0.1, -0.05) is 6.07 Å². The average Bonchev–Trinajstić information content (AvgIpc) is 3.00. The largest absolute Gasteiger partial charge is 0.375 e. The van der Waals surface area contributed by atoms with Crippen LogP contribution < -0.4 is 4.90 Å². The van der Waals surface area contributed by atoms with Crippen LogP contribution in [0.1, 0.15) is 31.2 Å². The first-order valence-corrected chi connectivity index (χ1v) is 9.48. The van der Waals surface area contributed by atoms with Crippen LogP contribution in [0.3, 0.4) is 0 Å². The Morgan fingerprint density at radius 1 is 1.12 bits per heavy atom. The summed E-state index contributed by atoms with van der Waals surface area (Å²) in [5, 5.41) is 0. The second-order valence-electron chi connectivity index (χ2n) is 7.44. The summed E-state index contributed by atoms with van der Waals surface area (Å²) in [7, 11) is 2.28. The zero-order valence-electron chi connectivity index (χ0n) is 15.4. The van der Waals surface area contributed by atoms with Crippen molar-refractivity contribution in [2.45, 2.75) is 43.9 Å². The highest BCUT2D eigenvalue weighted by molar-refractivity contribution is 5.30. The Morgan fingerprint density at radius 2 is 1.92 bits per heavy atom. The van der Waals surface area contributed by atoms with Gasteiger partial charge in [0, 0.05) is 49.5 Å². The van der Waals surface area contributed by atoms with E-state index < -0.39 is 0 Å². The van der Waals surface area contributed by atoms with Crippen LogP contribution in [0.15, 0.2) is 43.0 Å². The summed E-state index contributed by atoms with van der Waals surface area (Å²) < 4.78 is 5.99. The predicted molar refractivity (Wildman–Crippen MR) is 101 cm³/mol. The fourth-order valence-electron chi connectivity index (χ4n) is 4.36. The van der Waals surface area contributed by atoms with Crippen LogP contribution in [-0.2, 0) is 11.3 Å². The number of nitrogens with zero attached hydrogens (tertiary/aromatic N) is 5. The molecule has 1 atom stereocenters. The van der Waals surface area contributed by atoms with Gasteiger partial charge in [-0.15, -0.1) is 0 Å². The number of hydrogen-bond acceptors (Lipinski definition) is 6. The van der Waals surface area contributed by atoms with Gasteiger partial charge in [-0.3, -0.25) is 9.88 Å². The lowest BCUT2D eigenvalue weighted by Crippen LogP contribution is -2.53. The van der Waals surface area contributed by atoms with Gasteiger partial charge in [0.25, 0.3) is 0 Å². The number of pyridine rings is 1. The summed E-state index contributed by atoms with van der Waals surface area (Å²) in [4.78, 5) is 17.8. The highest BCUT2D eigenvalue weighted by Crippen LogP contribution is 2.41. The van der Waals surface area contributed by atoms with Crippen LogP contribution >= 0.6 is 0 Å². The predicted octanol–water partition coefficient (Wildman–Crippen LogP) is 2.52. The molecular formula is C20H27N5O. The number of ether oxygens (including phenoxy) is 1. The van der Waals surface area contributed by atoms with E-state index in [1.54, 1.807) is 6.20 Å². The van der Waals surface area contributed by atoms with Crippen LogP contribution in [0.4, 0.5) is 5.95 Å². The first-order chi connectivity index (χ1) is 12.8. The SMILES string of the molecule is CN1C(COCc2cccnc2)CCC12CCN(c1ncccn1)CC2. The lowest BCUT2D eigenvalue weighted by molar-refractivity contribution is 0.0352. The molecule has 0 radical (unpaired) electrons. The molecule has 4 rings (SSSR count). The Bertz CT molecular complexity index is 688. The number of aromatic nitrogens is 3. The monoisotopic (exact) mass is 353 g/mol. The average molecular weight is 353 g/mol. The van der Waals surface area contributed by atoms with E-state index in [1.807, 2.05) is 30.7 Å². The number of anilines is 1. The third-order valence-electron chi connectivity index (χ3n) is 6.07. The minimum absolute atomic E-state index is 0.313. The standard InChI is InChI=1S/C20H27N5O/c1-24-18(16-26-15-17-4-2-9-21-14-17)5-6-20(24)7-12-25(13-8-20)19-22-10-3-11-23-19/h2-4,9-11,14,18H,5-8,12-13,15-16H2,1H3. The maximum Gasteiger partial charge on any atom is 0.225 e. The topological polar surface area (TPSA) is 54.4 Å². The van der Waals surface area contributed by atoms with Crippen LogP contribution in [0.2, 0.25) is 0 Å². The third-order valence-corrected chi connectivity index (χ3v) is 6.07. The summed E-state index contributed by atoms with van der Waals surface area (Å²) in [6, 6.07) is 6.40. The molecule has 6 nitrogen and oxygen atoms in total. The number of hydrogen-bond donors (Lipinski definition) is 0. The number of rotatable bonds is 5. The first-order valence-electron chi connectivity index (χ1n) is 9.48. The van der Waals surface area contributed by atoms with Gasteiger partial charge in [-0.05, 0) is 50.4 Å². The van der Waals surface area contributed by atoms with Gasteiger partial charge in [0.1, 0.15) is 0 Å². The van der Waals surface area contributed by atoms with Gasteiger partial charge < -0.3 is 9.64 Å². The molecule has 2 aromatic heterocycles. The smallest absolute Gasteiger partial charge is 0.225 e. The molecule has 2 fully saturated rings. The third kappa shape index (κ3) is 3.57. The van der Waals surface area contributed by atoms with E-state index in [0.29, 0.717) is 18.2 Å². The van der Waals surface area contributed by atoms with Crippen molar-refractivity contribution in [2.24, 2.45) is 0 Å². The molecule has 2 aromatic rings. The molecule has 138 valence electrons. The van der Waals surface area contributed by atoms with E-state index in [9.17, 15) is 0 Å². The Morgan fingerprint density at radius 3 is 2.65 bits per heavy atom. The Labute approximate surface area is 155 Å². The highest BCUT2D eigenvalue weighted by Gasteiger charge is 2.45. The molecule has 0 N–H and O–H groups in total. The van der Waals surface area contributed by atoms with E-state index >= 15 is 0 Å². The van der Waals surface area contributed by atoms with Gasteiger partial charge >= 0.3 is 0 Å². The first kappa shape index (κ1) is 17.4. The lowest BCUT2D eigenvalue weighted by atomic mass is 9.85. The molecule has 4 heterocycles. The summed E-state index contributed by atoms with van der Waals surface area (Å²) in [6.45, 7) is 3.48. The van der Waals surface area contributed by atoms with Crippen LogP contribution in [-0.4, -0.2) is 58.2 Å². The molecule has 0 saturated carbocycles. The van der Waals surface area contributed by atoms with Crippen molar-refractivity contribution in [3.63, 3.8) is 0 Å². The molecule has 26 heavy (non-hydrogen) atoms. The van der Waals surface area contributed by atoms with Gasteiger partial charge in [-0.25, -0.2) is 9.97 Å². The normalized spacial score (nSPS) is 22.8. The summed E-state index contributed by atoms with van der Waals surface area (Å²) in [5.41, 5.74) is 1.45. The quantitative estimate of drug-likeness (QED) is 0.823. The van der Waals surface area contributed by atoms with Crippen LogP contribution in [0.5, 0.6) is 0 Å². The Kier molecular flexibility index (Phi) is 5.13. The fourth-order valence-corrected chi connectivity index (χ4v) is 4.36.